The highest BCUT2D eigenvalue weighted by Gasteiger charge is 2.26. The summed E-state index contributed by atoms with van der Waals surface area (Å²) in [5.41, 5.74) is 0.360. The van der Waals surface area contributed by atoms with Crippen LogP contribution in [0.25, 0.3) is 11.4 Å². The predicted molar refractivity (Wildman–Crippen MR) is 73.4 cm³/mol. The van der Waals surface area contributed by atoms with Crippen molar-refractivity contribution >= 4 is 11.6 Å². The molecule has 5 nitrogen and oxygen atoms in total. The first-order valence-electron chi connectivity index (χ1n) is 5.85. The normalized spacial score (nSPS) is 11.6. The number of ether oxygens (including phenoxy) is 1. The quantitative estimate of drug-likeness (QED) is 0.934. The standard InChI is InChI=1S/C13H16ClN3O2/c1-13(2,15-3)12-16-11(17-19-12)9-6-5-8(14)7-10(9)18-4/h5-7,15H,1-4H3. The molecule has 0 spiro atoms. The molecule has 19 heavy (non-hydrogen) atoms. The summed E-state index contributed by atoms with van der Waals surface area (Å²) in [7, 11) is 3.42. The van der Waals surface area contributed by atoms with Crippen LogP contribution in [0.3, 0.4) is 0 Å². The lowest BCUT2D eigenvalue weighted by Gasteiger charge is -2.17. The van der Waals surface area contributed by atoms with Crippen LogP contribution in [0.4, 0.5) is 0 Å². The van der Waals surface area contributed by atoms with Crippen molar-refractivity contribution in [2.24, 2.45) is 0 Å². The second-order valence-electron chi connectivity index (χ2n) is 4.64. The average Bonchev–Trinajstić information content (AvgIpc) is 2.88. The number of aromatic nitrogens is 2. The number of benzene rings is 1. The second kappa shape index (κ2) is 5.19. The van der Waals surface area contributed by atoms with Crippen molar-refractivity contribution in [3.63, 3.8) is 0 Å². The van der Waals surface area contributed by atoms with Crippen molar-refractivity contribution in [2.75, 3.05) is 14.2 Å². The molecule has 0 amide bonds. The monoisotopic (exact) mass is 281 g/mol. The topological polar surface area (TPSA) is 60.2 Å². The molecule has 0 saturated carbocycles. The summed E-state index contributed by atoms with van der Waals surface area (Å²) in [6.07, 6.45) is 0. The largest absolute Gasteiger partial charge is 0.496 e. The van der Waals surface area contributed by atoms with Gasteiger partial charge in [-0.15, -0.1) is 0 Å². The van der Waals surface area contributed by atoms with Crippen molar-refractivity contribution < 1.29 is 9.26 Å². The molecule has 0 aliphatic carbocycles. The van der Waals surface area contributed by atoms with Gasteiger partial charge in [-0.1, -0.05) is 16.8 Å². The maximum atomic E-state index is 5.93. The first-order chi connectivity index (χ1) is 8.97. The van der Waals surface area contributed by atoms with Crippen LogP contribution in [-0.4, -0.2) is 24.3 Å². The number of hydrogen-bond donors (Lipinski definition) is 1. The molecule has 2 aromatic rings. The van der Waals surface area contributed by atoms with Crippen molar-refractivity contribution in [1.29, 1.82) is 0 Å². The minimum absolute atomic E-state index is 0.384. The summed E-state index contributed by atoms with van der Waals surface area (Å²) in [6, 6.07) is 5.29. The van der Waals surface area contributed by atoms with E-state index in [1.807, 2.05) is 27.0 Å². The van der Waals surface area contributed by atoms with Gasteiger partial charge in [0.2, 0.25) is 11.7 Å². The van der Waals surface area contributed by atoms with Crippen molar-refractivity contribution in [1.82, 2.24) is 15.5 Å². The number of hydrogen-bond acceptors (Lipinski definition) is 5. The van der Waals surface area contributed by atoms with E-state index in [0.717, 1.165) is 5.56 Å². The zero-order valence-electron chi connectivity index (χ0n) is 11.3. The van der Waals surface area contributed by atoms with E-state index in [2.05, 4.69) is 15.5 Å². The van der Waals surface area contributed by atoms with Gasteiger partial charge in [0.25, 0.3) is 0 Å². The zero-order valence-corrected chi connectivity index (χ0v) is 12.1. The van der Waals surface area contributed by atoms with E-state index in [4.69, 9.17) is 20.9 Å². The molecule has 0 aliphatic heterocycles. The van der Waals surface area contributed by atoms with E-state index in [1.165, 1.54) is 0 Å². The molecule has 102 valence electrons. The Kier molecular flexibility index (Phi) is 3.78. The maximum Gasteiger partial charge on any atom is 0.246 e. The van der Waals surface area contributed by atoms with Gasteiger partial charge in [0.1, 0.15) is 5.75 Å². The van der Waals surface area contributed by atoms with E-state index in [-0.39, 0.29) is 5.54 Å². The zero-order chi connectivity index (χ0) is 14.0. The lowest BCUT2D eigenvalue weighted by Crippen LogP contribution is -2.33. The van der Waals surface area contributed by atoms with Crippen LogP contribution in [0.2, 0.25) is 5.02 Å². The maximum absolute atomic E-state index is 5.93. The van der Waals surface area contributed by atoms with Gasteiger partial charge in [-0.3, -0.25) is 0 Å². The average molecular weight is 282 g/mol. The number of halogens is 1. The Balaban J connectivity index is 2.44. The molecular formula is C13H16ClN3O2. The summed E-state index contributed by atoms with van der Waals surface area (Å²) < 4.78 is 10.6. The molecule has 2 rings (SSSR count). The van der Waals surface area contributed by atoms with Gasteiger partial charge < -0.3 is 14.6 Å². The Bertz CT molecular complexity index is 581. The number of nitrogens with zero attached hydrogens (tertiary/aromatic N) is 2. The van der Waals surface area contributed by atoms with Crippen LogP contribution in [0.15, 0.2) is 22.7 Å². The lowest BCUT2D eigenvalue weighted by molar-refractivity contribution is 0.281. The third kappa shape index (κ3) is 2.72. The lowest BCUT2D eigenvalue weighted by atomic mass is 10.1. The molecule has 0 aliphatic rings. The molecule has 1 aromatic heterocycles. The van der Waals surface area contributed by atoms with Crippen LogP contribution >= 0.6 is 11.6 Å². The third-order valence-electron chi connectivity index (χ3n) is 2.99. The Morgan fingerprint density at radius 1 is 1.37 bits per heavy atom. The van der Waals surface area contributed by atoms with Gasteiger partial charge in [0, 0.05) is 5.02 Å². The van der Waals surface area contributed by atoms with Crippen molar-refractivity contribution in [3.8, 4) is 17.1 Å². The van der Waals surface area contributed by atoms with E-state index < -0.39 is 0 Å². The van der Waals surface area contributed by atoms with Crippen LogP contribution < -0.4 is 10.1 Å². The Hall–Kier alpha value is -1.59. The Labute approximate surface area is 116 Å². The number of rotatable bonds is 4. The molecule has 1 aromatic carbocycles. The molecular weight excluding hydrogens is 266 g/mol. The summed E-state index contributed by atoms with van der Waals surface area (Å²) >= 11 is 5.93. The highest BCUT2D eigenvalue weighted by Crippen LogP contribution is 2.31. The van der Waals surface area contributed by atoms with Gasteiger partial charge in [0.15, 0.2) is 0 Å². The van der Waals surface area contributed by atoms with E-state index in [9.17, 15) is 0 Å². The summed E-state index contributed by atoms with van der Waals surface area (Å²) in [5, 5.41) is 7.70. The van der Waals surface area contributed by atoms with E-state index >= 15 is 0 Å². The first-order valence-corrected chi connectivity index (χ1v) is 6.22. The Morgan fingerprint density at radius 2 is 2.11 bits per heavy atom. The SMILES string of the molecule is CNC(C)(C)c1nc(-c2ccc(Cl)cc2OC)no1. The number of methoxy groups -OCH3 is 1. The highest BCUT2D eigenvalue weighted by molar-refractivity contribution is 6.30. The molecule has 0 radical (unpaired) electrons. The molecule has 1 heterocycles. The van der Waals surface area contributed by atoms with Crippen molar-refractivity contribution in [3.05, 3.63) is 29.1 Å². The molecule has 0 fully saturated rings. The van der Waals surface area contributed by atoms with E-state index in [0.29, 0.717) is 22.5 Å². The van der Waals surface area contributed by atoms with Gasteiger partial charge in [-0.2, -0.15) is 4.98 Å². The third-order valence-corrected chi connectivity index (χ3v) is 3.23. The van der Waals surface area contributed by atoms with Gasteiger partial charge in [0.05, 0.1) is 18.2 Å². The first kappa shape index (κ1) is 13.8. The van der Waals surface area contributed by atoms with Crippen LogP contribution in [0, 0.1) is 0 Å². The minimum atomic E-state index is -0.384. The molecule has 0 atom stereocenters. The smallest absolute Gasteiger partial charge is 0.246 e. The molecule has 0 saturated heterocycles. The van der Waals surface area contributed by atoms with Gasteiger partial charge >= 0.3 is 0 Å². The molecule has 0 bridgehead atoms. The number of nitrogens with one attached hydrogen (secondary N) is 1. The Morgan fingerprint density at radius 3 is 2.74 bits per heavy atom. The molecule has 1 N–H and O–H groups in total. The van der Waals surface area contributed by atoms with Crippen molar-refractivity contribution in [2.45, 2.75) is 19.4 Å². The fourth-order valence-corrected chi connectivity index (χ4v) is 1.71. The van der Waals surface area contributed by atoms with E-state index in [1.54, 1.807) is 19.2 Å². The summed E-state index contributed by atoms with van der Waals surface area (Å²) in [6.45, 7) is 3.92. The minimum Gasteiger partial charge on any atom is -0.496 e. The summed E-state index contributed by atoms with van der Waals surface area (Å²) in [4.78, 5) is 4.40. The molecule has 0 unspecified atom stereocenters. The van der Waals surface area contributed by atoms with Gasteiger partial charge in [-0.25, -0.2) is 0 Å². The fourth-order valence-electron chi connectivity index (χ4n) is 1.54. The summed E-state index contributed by atoms with van der Waals surface area (Å²) in [5.74, 6) is 1.61. The fraction of sp³-hybridized carbons (Fsp3) is 0.385. The second-order valence-corrected chi connectivity index (χ2v) is 5.08. The van der Waals surface area contributed by atoms with Gasteiger partial charge in [-0.05, 0) is 39.1 Å². The van der Waals surface area contributed by atoms with Crippen LogP contribution in [0.5, 0.6) is 5.75 Å². The molecule has 6 heteroatoms. The predicted octanol–water partition coefficient (Wildman–Crippen LogP) is 2.85. The van der Waals surface area contributed by atoms with Crippen LogP contribution in [-0.2, 0) is 5.54 Å². The van der Waals surface area contributed by atoms with Crippen LogP contribution in [0.1, 0.15) is 19.7 Å². The highest BCUT2D eigenvalue weighted by atomic mass is 35.5.